The van der Waals surface area contributed by atoms with Crippen LogP contribution in [0.2, 0.25) is 0 Å². The highest BCUT2D eigenvalue weighted by molar-refractivity contribution is 7.13. The quantitative estimate of drug-likeness (QED) is 0.524. The Hall–Kier alpha value is -3.26. The van der Waals surface area contributed by atoms with Crippen LogP contribution in [0.1, 0.15) is 16.3 Å². The number of thiophene rings is 1. The molecule has 3 aromatic heterocycles. The minimum absolute atomic E-state index is 0.276. The second-order valence-electron chi connectivity index (χ2n) is 5.42. The van der Waals surface area contributed by atoms with Gasteiger partial charge in [0.1, 0.15) is 5.82 Å². The molecular weight excluding hydrogens is 336 g/mol. The summed E-state index contributed by atoms with van der Waals surface area (Å²) in [7, 11) is 0. The molecule has 8 heteroatoms. The molecule has 4 rings (SSSR count). The van der Waals surface area contributed by atoms with Crippen molar-refractivity contribution < 1.29 is 4.79 Å². The normalized spacial score (nSPS) is 10.8. The lowest BCUT2D eigenvalue weighted by molar-refractivity contribution is 0.102. The van der Waals surface area contributed by atoms with Gasteiger partial charge in [-0.25, -0.2) is 4.98 Å². The standard InChI is InChI=1S/C17H14N6OS/c1-10-18-16(23-20-10)11-4-2-5-12(8-11)19-17(24)14-9-13(21-22-14)15-6-3-7-25-15/h2-9H,1H3,(H,19,24)(H,21,22)(H,18,20,23). The molecule has 1 aromatic carbocycles. The highest BCUT2D eigenvalue weighted by atomic mass is 32.1. The molecule has 0 radical (unpaired) electrons. The lowest BCUT2D eigenvalue weighted by Gasteiger charge is -2.04. The molecule has 3 heterocycles. The summed E-state index contributed by atoms with van der Waals surface area (Å²) in [5.74, 6) is 1.05. The number of carbonyl (C=O) groups is 1. The summed E-state index contributed by atoms with van der Waals surface area (Å²) in [5, 5.41) is 18.7. The van der Waals surface area contributed by atoms with E-state index < -0.39 is 0 Å². The summed E-state index contributed by atoms with van der Waals surface area (Å²) in [4.78, 5) is 17.8. The van der Waals surface area contributed by atoms with Crippen LogP contribution in [0, 0.1) is 6.92 Å². The molecule has 0 saturated heterocycles. The molecule has 0 aliphatic heterocycles. The second kappa shape index (κ2) is 6.33. The van der Waals surface area contributed by atoms with Crippen molar-refractivity contribution in [1.82, 2.24) is 25.4 Å². The van der Waals surface area contributed by atoms with Crippen molar-refractivity contribution in [3.05, 3.63) is 59.4 Å². The Morgan fingerprint density at radius 1 is 1.12 bits per heavy atom. The molecule has 0 unspecified atom stereocenters. The first-order chi connectivity index (χ1) is 12.2. The molecule has 0 spiro atoms. The second-order valence-corrected chi connectivity index (χ2v) is 6.37. The summed E-state index contributed by atoms with van der Waals surface area (Å²) in [6.45, 7) is 1.84. The third kappa shape index (κ3) is 3.20. The van der Waals surface area contributed by atoms with Crippen LogP contribution in [0.4, 0.5) is 5.69 Å². The number of anilines is 1. The lowest BCUT2D eigenvalue weighted by atomic mass is 10.2. The van der Waals surface area contributed by atoms with E-state index in [0.29, 0.717) is 17.2 Å². The lowest BCUT2D eigenvalue weighted by Crippen LogP contribution is -2.12. The van der Waals surface area contributed by atoms with Crippen LogP contribution in [0.5, 0.6) is 0 Å². The van der Waals surface area contributed by atoms with Crippen LogP contribution in [-0.2, 0) is 0 Å². The maximum Gasteiger partial charge on any atom is 0.276 e. The van der Waals surface area contributed by atoms with Gasteiger partial charge >= 0.3 is 0 Å². The number of rotatable bonds is 4. The van der Waals surface area contributed by atoms with Crippen LogP contribution in [-0.4, -0.2) is 31.3 Å². The van der Waals surface area contributed by atoms with E-state index in [4.69, 9.17) is 0 Å². The van der Waals surface area contributed by atoms with Crippen molar-refractivity contribution in [2.45, 2.75) is 6.92 Å². The van der Waals surface area contributed by atoms with Gasteiger partial charge in [-0.15, -0.1) is 11.3 Å². The number of nitrogens with zero attached hydrogens (tertiary/aromatic N) is 3. The average Bonchev–Trinajstić information content (AvgIpc) is 3.36. The van der Waals surface area contributed by atoms with Gasteiger partial charge in [-0.2, -0.15) is 10.2 Å². The van der Waals surface area contributed by atoms with E-state index in [1.165, 1.54) is 0 Å². The zero-order valence-corrected chi connectivity index (χ0v) is 14.1. The minimum atomic E-state index is -0.276. The molecule has 0 atom stereocenters. The maximum atomic E-state index is 12.4. The summed E-state index contributed by atoms with van der Waals surface area (Å²) in [6, 6.07) is 13.0. The van der Waals surface area contributed by atoms with Gasteiger partial charge in [-0.3, -0.25) is 15.0 Å². The van der Waals surface area contributed by atoms with Gasteiger partial charge < -0.3 is 5.32 Å². The number of aromatic nitrogens is 5. The Kier molecular flexibility index (Phi) is 3.87. The number of carbonyl (C=O) groups excluding carboxylic acids is 1. The molecule has 124 valence electrons. The molecule has 0 fully saturated rings. The summed E-state index contributed by atoms with van der Waals surface area (Å²) in [5.41, 5.74) is 2.64. The van der Waals surface area contributed by atoms with Crippen molar-refractivity contribution in [3.8, 4) is 22.0 Å². The van der Waals surface area contributed by atoms with Gasteiger partial charge in [-0.05, 0) is 36.6 Å². The van der Waals surface area contributed by atoms with E-state index in [2.05, 4.69) is 30.7 Å². The number of amides is 1. The van der Waals surface area contributed by atoms with E-state index in [1.54, 1.807) is 17.4 Å². The Balaban J connectivity index is 1.53. The molecule has 0 aliphatic carbocycles. The fourth-order valence-corrected chi connectivity index (χ4v) is 3.09. The fraction of sp³-hybridized carbons (Fsp3) is 0.0588. The predicted molar refractivity (Wildman–Crippen MR) is 96.4 cm³/mol. The number of benzene rings is 1. The SMILES string of the molecule is Cc1nc(-c2cccc(NC(=O)c3cc(-c4cccs4)[nH]n3)c2)n[nH]1. The first-order valence-electron chi connectivity index (χ1n) is 7.59. The van der Waals surface area contributed by atoms with Crippen LogP contribution in [0.3, 0.4) is 0 Å². The molecule has 1 amide bonds. The topological polar surface area (TPSA) is 99.3 Å². The first kappa shape index (κ1) is 15.3. The van der Waals surface area contributed by atoms with Gasteiger partial charge in [-0.1, -0.05) is 18.2 Å². The van der Waals surface area contributed by atoms with Crippen molar-refractivity contribution in [3.63, 3.8) is 0 Å². The summed E-state index contributed by atoms with van der Waals surface area (Å²) >= 11 is 1.59. The van der Waals surface area contributed by atoms with Crippen molar-refractivity contribution in [2.75, 3.05) is 5.32 Å². The Morgan fingerprint density at radius 3 is 2.80 bits per heavy atom. The van der Waals surface area contributed by atoms with E-state index in [9.17, 15) is 4.79 Å². The number of aromatic amines is 2. The fourth-order valence-electron chi connectivity index (χ4n) is 2.40. The average molecular weight is 350 g/mol. The number of H-pyrrole nitrogens is 2. The van der Waals surface area contributed by atoms with E-state index in [0.717, 1.165) is 22.0 Å². The third-order valence-electron chi connectivity index (χ3n) is 3.57. The number of hydrogen-bond acceptors (Lipinski definition) is 5. The molecule has 4 aromatic rings. The van der Waals surface area contributed by atoms with Gasteiger partial charge in [0.2, 0.25) is 0 Å². The van der Waals surface area contributed by atoms with Crippen molar-refractivity contribution in [2.24, 2.45) is 0 Å². The number of aryl methyl sites for hydroxylation is 1. The molecular formula is C17H14N6OS. The number of hydrogen-bond donors (Lipinski definition) is 3. The van der Waals surface area contributed by atoms with Gasteiger partial charge in [0.15, 0.2) is 11.5 Å². The molecule has 0 bridgehead atoms. The van der Waals surface area contributed by atoms with E-state index in [-0.39, 0.29) is 5.91 Å². The zero-order valence-electron chi connectivity index (χ0n) is 13.3. The van der Waals surface area contributed by atoms with Gasteiger partial charge in [0, 0.05) is 11.3 Å². The Morgan fingerprint density at radius 2 is 2.04 bits per heavy atom. The van der Waals surface area contributed by atoms with Gasteiger partial charge in [0.25, 0.3) is 5.91 Å². The van der Waals surface area contributed by atoms with Crippen molar-refractivity contribution in [1.29, 1.82) is 0 Å². The molecule has 25 heavy (non-hydrogen) atoms. The monoisotopic (exact) mass is 350 g/mol. The molecule has 3 N–H and O–H groups in total. The number of nitrogens with one attached hydrogen (secondary N) is 3. The van der Waals surface area contributed by atoms with E-state index >= 15 is 0 Å². The summed E-state index contributed by atoms with van der Waals surface area (Å²) in [6.07, 6.45) is 0. The summed E-state index contributed by atoms with van der Waals surface area (Å²) < 4.78 is 0. The Labute approximate surface area is 147 Å². The van der Waals surface area contributed by atoms with Crippen LogP contribution >= 0.6 is 11.3 Å². The van der Waals surface area contributed by atoms with Crippen molar-refractivity contribution >= 4 is 22.9 Å². The zero-order chi connectivity index (χ0) is 17.2. The molecule has 0 saturated carbocycles. The minimum Gasteiger partial charge on any atom is -0.321 e. The molecule has 0 aliphatic rings. The predicted octanol–water partition coefficient (Wildman–Crippen LogP) is 3.48. The highest BCUT2D eigenvalue weighted by Gasteiger charge is 2.13. The largest absolute Gasteiger partial charge is 0.321 e. The van der Waals surface area contributed by atoms with Crippen LogP contribution in [0.15, 0.2) is 47.8 Å². The van der Waals surface area contributed by atoms with Gasteiger partial charge in [0.05, 0.1) is 10.6 Å². The smallest absolute Gasteiger partial charge is 0.276 e. The Bertz CT molecular complexity index is 1020. The van der Waals surface area contributed by atoms with E-state index in [1.807, 2.05) is 48.7 Å². The first-order valence-corrected chi connectivity index (χ1v) is 8.47. The maximum absolute atomic E-state index is 12.4. The molecule has 7 nitrogen and oxygen atoms in total. The highest BCUT2D eigenvalue weighted by Crippen LogP contribution is 2.24. The van der Waals surface area contributed by atoms with Crippen LogP contribution < -0.4 is 5.32 Å². The third-order valence-corrected chi connectivity index (χ3v) is 4.48. The van der Waals surface area contributed by atoms with Crippen LogP contribution in [0.25, 0.3) is 22.0 Å².